The predicted molar refractivity (Wildman–Crippen MR) is 63.8 cm³/mol. The second-order valence-electron chi connectivity index (χ2n) is 5.04. The van der Waals surface area contributed by atoms with Crippen molar-refractivity contribution in [1.29, 1.82) is 0 Å². The number of piperidine rings is 3. The molecule has 0 aromatic heterocycles. The van der Waals surface area contributed by atoms with Crippen molar-refractivity contribution >= 4 is 6.08 Å². The number of aliphatic hydroxyl groups excluding tert-OH is 1. The molecule has 0 saturated carbocycles. The Morgan fingerprint density at radius 2 is 1.82 bits per heavy atom. The molecule has 4 rings (SSSR count). The third kappa shape index (κ3) is 2.01. The summed E-state index contributed by atoms with van der Waals surface area (Å²) in [5.41, 5.74) is 2.06. The summed E-state index contributed by atoms with van der Waals surface area (Å²) in [6, 6.07) is 6.45. The summed E-state index contributed by atoms with van der Waals surface area (Å²) >= 11 is 0. The molecule has 17 heavy (non-hydrogen) atoms. The first-order chi connectivity index (χ1) is 8.24. The molecule has 0 amide bonds. The number of hydrogen-bond donors (Lipinski definition) is 2. The fourth-order valence-corrected chi connectivity index (χ4v) is 2.98. The van der Waals surface area contributed by atoms with Crippen molar-refractivity contribution in [3.8, 4) is 0 Å². The highest BCUT2D eigenvalue weighted by atomic mass is 19.1. The lowest BCUT2D eigenvalue weighted by Gasteiger charge is -2.41. The summed E-state index contributed by atoms with van der Waals surface area (Å²) in [5, 5.41) is 10.2. The van der Waals surface area contributed by atoms with Gasteiger partial charge >= 0.3 is 0 Å². The second-order valence-corrected chi connectivity index (χ2v) is 5.04. The summed E-state index contributed by atoms with van der Waals surface area (Å²) in [7, 11) is 0. The SMILES string of the molecule is OC1C(=Cc2ccc(F)cc2)[NH+]2CCC1CC2. The molecule has 3 saturated heterocycles. The van der Waals surface area contributed by atoms with Crippen LogP contribution in [-0.4, -0.2) is 24.3 Å². The maximum atomic E-state index is 12.8. The number of nitrogens with one attached hydrogen (secondary N) is 1. The minimum Gasteiger partial charge on any atom is -0.383 e. The lowest BCUT2D eigenvalue weighted by Crippen LogP contribution is -3.14. The molecule has 3 fully saturated rings. The van der Waals surface area contributed by atoms with Gasteiger partial charge in [-0.3, -0.25) is 0 Å². The van der Waals surface area contributed by atoms with Crippen LogP contribution in [0.3, 0.4) is 0 Å². The normalized spacial score (nSPS) is 34.2. The molecule has 3 heterocycles. The van der Waals surface area contributed by atoms with Crippen LogP contribution in [0, 0.1) is 11.7 Å². The van der Waals surface area contributed by atoms with Crippen LogP contribution in [0.1, 0.15) is 18.4 Å². The first kappa shape index (κ1) is 10.9. The van der Waals surface area contributed by atoms with Crippen LogP contribution >= 0.6 is 0 Å². The Balaban J connectivity index is 1.90. The lowest BCUT2D eigenvalue weighted by atomic mass is 9.83. The number of halogens is 1. The number of hydrogen-bond acceptors (Lipinski definition) is 1. The van der Waals surface area contributed by atoms with E-state index >= 15 is 0 Å². The van der Waals surface area contributed by atoms with Gasteiger partial charge in [-0.05, 0) is 17.7 Å². The van der Waals surface area contributed by atoms with Crippen LogP contribution in [-0.2, 0) is 0 Å². The van der Waals surface area contributed by atoms with E-state index in [1.54, 1.807) is 12.1 Å². The van der Waals surface area contributed by atoms with E-state index in [9.17, 15) is 9.50 Å². The number of quaternary nitrogens is 1. The third-order valence-electron chi connectivity index (χ3n) is 4.00. The first-order valence-electron chi connectivity index (χ1n) is 6.24. The lowest BCUT2D eigenvalue weighted by molar-refractivity contribution is -0.880. The molecule has 2 bridgehead atoms. The van der Waals surface area contributed by atoms with Crippen molar-refractivity contribution in [2.75, 3.05) is 13.1 Å². The molecule has 0 aliphatic carbocycles. The molecule has 0 radical (unpaired) electrons. The molecule has 3 aliphatic rings. The van der Waals surface area contributed by atoms with Crippen LogP contribution in [0.15, 0.2) is 30.0 Å². The van der Waals surface area contributed by atoms with Gasteiger partial charge < -0.3 is 10.0 Å². The van der Waals surface area contributed by atoms with Crippen LogP contribution in [0.5, 0.6) is 0 Å². The first-order valence-corrected chi connectivity index (χ1v) is 6.24. The molecule has 90 valence electrons. The van der Waals surface area contributed by atoms with Crippen molar-refractivity contribution < 1.29 is 14.4 Å². The van der Waals surface area contributed by atoms with E-state index in [1.807, 2.05) is 6.08 Å². The van der Waals surface area contributed by atoms with Crippen molar-refractivity contribution in [3.63, 3.8) is 0 Å². The summed E-state index contributed by atoms with van der Waals surface area (Å²) in [6.07, 6.45) is 3.96. The molecule has 0 spiro atoms. The summed E-state index contributed by atoms with van der Waals surface area (Å²) in [4.78, 5) is 1.39. The fraction of sp³-hybridized carbons (Fsp3) is 0.429. The summed E-state index contributed by atoms with van der Waals surface area (Å²) in [5.74, 6) is 0.213. The van der Waals surface area contributed by atoms with Gasteiger partial charge in [0.1, 0.15) is 17.6 Å². The van der Waals surface area contributed by atoms with Gasteiger partial charge in [0, 0.05) is 24.8 Å². The zero-order valence-electron chi connectivity index (χ0n) is 9.70. The summed E-state index contributed by atoms with van der Waals surface area (Å²) < 4.78 is 12.8. The molecule has 3 aliphatic heterocycles. The molecule has 2 nitrogen and oxygen atoms in total. The maximum Gasteiger partial charge on any atom is 0.137 e. The Labute approximate surface area is 100 Å². The Bertz CT molecular complexity index is 428. The molecule has 1 atom stereocenters. The molecule has 1 unspecified atom stereocenters. The van der Waals surface area contributed by atoms with E-state index in [0.717, 1.165) is 37.2 Å². The highest BCUT2D eigenvalue weighted by Gasteiger charge is 2.40. The zero-order chi connectivity index (χ0) is 11.8. The standard InChI is InChI=1S/C14H16FNO/c15-12-3-1-10(2-4-12)9-13-14(17)11-5-7-16(13)8-6-11/h1-4,9,11,14,17H,5-8H2/p+1. The van der Waals surface area contributed by atoms with Crippen molar-refractivity contribution in [1.82, 2.24) is 0 Å². The van der Waals surface area contributed by atoms with Crippen LogP contribution in [0.4, 0.5) is 4.39 Å². The van der Waals surface area contributed by atoms with E-state index in [4.69, 9.17) is 0 Å². The van der Waals surface area contributed by atoms with E-state index in [2.05, 4.69) is 0 Å². The van der Waals surface area contributed by atoms with Gasteiger partial charge in [0.25, 0.3) is 0 Å². The van der Waals surface area contributed by atoms with Gasteiger partial charge in [0.05, 0.1) is 13.1 Å². The predicted octanol–water partition coefficient (Wildman–Crippen LogP) is 0.836. The van der Waals surface area contributed by atoms with Crippen LogP contribution in [0.2, 0.25) is 0 Å². The van der Waals surface area contributed by atoms with Crippen LogP contribution in [0.25, 0.3) is 6.08 Å². The second kappa shape index (κ2) is 4.24. The zero-order valence-corrected chi connectivity index (χ0v) is 9.70. The van der Waals surface area contributed by atoms with Gasteiger partial charge in [-0.25, -0.2) is 4.39 Å². The molecular weight excluding hydrogens is 217 g/mol. The van der Waals surface area contributed by atoms with Crippen LogP contribution < -0.4 is 4.90 Å². The number of fused-ring (bicyclic) bond motifs is 3. The van der Waals surface area contributed by atoms with Gasteiger partial charge in [0.2, 0.25) is 0 Å². The molecule has 3 heteroatoms. The quantitative estimate of drug-likeness (QED) is 0.739. The Morgan fingerprint density at radius 1 is 1.18 bits per heavy atom. The Kier molecular flexibility index (Phi) is 2.73. The minimum absolute atomic E-state index is 0.217. The highest BCUT2D eigenvalue weighted by Crippen LogP contribution is 2.25. The third-order valence-corrected chi connectivity index (χ3v) is 4.00. The number of aliphatic hydroxyl groups is 1. The number of benzene rings is 1. The smallest absolute Gasteiger partial charge is 0.137 e. The van der Waals surface area contributed by atoms with E-state index in [-0.39, 0.29) is 11.9 Å². The topological polar surface area (TPSA) is 24.7 Å². The van der Waals surface area contributed by atoms with Crippen molar-refractivity contribution in [3.05, 3.63) is 41.3 Å². The highest BCUT2D eigenvalue weighted by molar-refractivity contribution is 5.52. The van der Waals surface area contributed by atoms with Gasteiger partial charge in [-0.1, -0.05) is 12.1 Å². The van der Waals surface area contributed by atoms with E-state index in [0.29, 0.717) is 5.92 Å². The number of rotatable bonds is 1. The molecule has 1 aromatic carbocycles. The van der Waals surface area contributed by atoms with Crippen molar-refractivity contribution in [2.45, 2.75) is 18.9 Å². The Morgan fingerprint density at radius 3 is 2.41 bits per heavy atom. The monoisotopic (exact) mass is 234 g/mol. The van der Waals surface area contributed by atoms with Gasteiger partial charge in [-0.2, -0.15) is 0 Å². The Hall–Kier alpha value is -1.19. The fourth-order valence-electron chi connectivity index (χ4n) is 2.98. The average molecular weight is 234 g/mol. The average Bonchev–Trinajstić information content (AvgIpc) is 2.37. The largest absolute Gasteiger partial charge is 0.383 e. The van der Waals surface area contributed by atoms with E-state index < -0.39 is 0 Å². The molecule has 1 aromatic rings. The molecular formula is C14H17FNO+. The summed E-state index contributed by atoms with van der Waals surface area (Å²) in [6.45, 7) is 2.24. The van der Waals surface area contributed by atoms with Gasteiger partial charge in [0.15, 0.2) is 0 Å². The van der Waals surface area contributed by atoms with Gasteiger partial charge in [-0.15, -0.1) is 0 Å². The minimum atomic E-state index is -0.308. The maximum absolute atomic E-state index is 12.8. The van der Waals surface area contributed by atoms with E-state index in [1.165, 1.54) is 17.0 Å². The van der Waals surface area contributed by atoms with Crippen molar-refractivity contribution in [2.24, 2.45) is 5.92 Å². The molecule has 2 N–H and O–H groups in total.